The number of hydrogen-bond donors (Lipinski definition) is 2. The second-order valence-electron chi connectivity index (χ2n) is 5.13. The van der Waals surface area contributed by atoms with E-state index in [-0.39, 0.29) is 11.3 Å². The molecule has 19 heavy (non-hydrogen) atoms. The average molecular weight is 258 g/mol. The molecule has 0 fully saturated rings. The fraction of sp³-hybridized carbons (Fsp3) is 0.438. The molecule has 0 aliphatic rings. The van der Waals surface area contributed by atoms with E-state index in [0.717, 1.165) is 17.5 Å². The van der Waals surface area contributed by atoms with E-state index in [1.165, 1.54) is 0 Å². The van der Waals surface area contributed by atoms with Gasteiger partial charge < -0.3 is 11.1 Å². The SMILES string of the molecule is CCC(C)(C)C(=O)NCc1cccc(C#CCN)c1. The van der Waals surface area contributed by atoms with Crippen molar-refractivity contribution in [1.29, 1.82) is 0 Å². The number of carbonyl (C=O) groups is 1. The van der Waals surface area contributed by atoms with Crippen molar-refractivity contribution in [3.63, 3.8) is 0 Å². The Morgan fingerprint density at radius 3 is 2.79 bits per heavy atom. The molecule has 102 valence electrons. The highest BCUT2D eigenvalue weighted by atomic mass is 16.2. The predicted molar refractivity (Wildman–Crippen MR) is 78.3 cm³/mol. The number of hydrogen-bond acceptors (Lipinski definition) is 2. The van der Waals surface area contributed by atoms with Crippen LogP contribution >= 0.6 is 0 Å². The summed E-state index contributed by atoms with van der Waals surface area (Å²) in [7, 11) is 0. The largest absolute Gasteiger partial charge is 0.352 e. The van der Waals surface area contributed by atoms with E-state index < -0.39 is 0 Å². The average Bonchev–Trinajstić information content (AvgIpc) is 2.42. The molecule has 0 bridgehead atoms. The van der Waals surface area contributed by atoms with E-state index in [0.29, 0.717) is 13.1 Å². The van der Waals surface area contributed by atoms with Crippen LogP contribution in [0.2, 0.25) is 0 Å². The van der Waals surface area contributed by atoms with Crippen LogP contribution in [0.1, 0.15) is 38.3 Å². The van der Waals surface area contributed by atoms with Gasteiger partial charge in [0.1, 0.15) is 0 Å². The Morgan fingerprint density at radius 1 is 1.42 bits per heavy atom. The third-order valence-electron chi connectivity index (χ3n) is 3.21. The fourth-order valence-electron chi connectivity index (χ4n) is 1.49. The minimum Gasteiger partial charge on any atom is -0.352 e. The third kappa shape index (κ3) is 4.76. The second kappa shape index (κ2) is 6.96. The van der Waals surface area contributed by atoms with Gasteiger partial charge in [0.25, 0.3) is 0 Å². The van der Waals surface area contributed by atoms with Gasteiger partial charge in [-0.2, -0.15) is 0 Å². The maximum absolute atomic E-state index is 12.0. The van der Waals surface area contributed by atoms with Gasteiger partial charge in [-0.15, -0.1) is 0 Å². The van der Waals surface area contributed by atoms with Crippen molar-refractivity contribution in [2.75, 3.05) is 6.54 Å². The first-order valence-corrected chi connectivity index (χ1v) is 6.56. The molecule has 1 aromatic rings. The summed E-state index contributed by atoms with van der Waals surface area (Å²) < 4.78 is 0. The Bertz CT molecular complexity index is 495. The number of nitrogens with one attached hydrogen (secondary N) is 1. The first-order valence-electron chi connectivity index (χ1n) is 6.56. The fourth-order valence-corrected chi connectivity index (χ4v) is 1.49. The Morgan fingerprint density at radius 2 is 2.16 bits per heavy atom. The van der Waals surface area contributed by atoms with Gasteiger partial charge in [0.15, 0.2) is 0 Å². The summed E-state index contributed by atoms with van der Waals surface area (Å²) in [5.41, 5.74) is 6.99. The second-order valence-corrected chi connectivity index (χ2v) is 5.13. The molecule has 0 aliphatic carbocycles. The Hall–Kier alpha value is -1.79. The zero-order valence-corrected chi connectivity index (χ0v) is 11.9. The lowest BCUT2D eigenvalue weighted by Crippen LogP contribution is -2.35. The lowest BCUT2D eigenvalue weighted by Gasteiger charge is -2.21. The first kappa shape index (κ1) is 15.3. The lowest BCUT2D eigenvalue weighted by molar-refractivity contribution is -0.129. The van der Waals surface area contributed by atoms with Gasteiger partial charge in [-0.25, -0.2) is 0 Å². The summed E-state index contributed by atoms with van der Waals surface area (Å²) in [5, 5.41) is 2.96. The number of carbonyl (C=O) groups excluding carboxylic acids is 1. The molecule has 1 aromatic carbocycles. The highest BCUT2D eigenvalue weighted by Gasteiger charge is 2.24. The lowest BCUT2D eigenvalue weighted by atomic mass is 9.89. The van der Waals surface area contributed by atoms with Crippen molar-refractivity contribution in [3.05, 3.63) is 35.4 Å². The van der Waals surface area contributed by atoms with Crippen LogP contribution in [0.5, 0.6) is 0 Å². The molecule has 3 nitrogen and oxygen atoms in total. The smallest absolute Gasteiger partial charge is 0.225 e. The van der Waals surface area contributed by atoms with Crippen molar-refractivity contribution in [3.8, 4) is 11.8 Å². The molecule has 0 spiro atoms. The van der Waals surface area contributed by atoms with Gasteiger partial charge in [0.2, 0.25) is 5.91 Å². The van der Waals surface area contributed by atoms with Crippen LogP contribution in [0.3, 0.4) is 0 Å². The normalized spacial score (nSPS) is 10.5. The van der Waals surface area contributed by atoms with E-state index >= 15 is 0 Å². The van der Waals surface area contributed by atoms with E-state index in [1.807, 2.05) is 45.0 Å². The van der Waals surface area contributed by atoms with Crippen molar-refractivity contribution >= 4 is 5.91 Å². The molecule has 0 unspecified atom stereocenters. The van der Waals surface area contributed by atoms with Gasteiger partial charge in [0.05, 0.1) is 6.54 Å². The molecule has 1 amide bonds. The molecule has 3 N–H and O–H groups in total. The van der Waals surface area contributed by atoms with E-state index in [1.54, 1.807) is 0 Å². The Balaban J connectivity index is 2.66. The molecule has 0 atom stereocenters. The standard InChI is InChI=1S/C16H22N2O/c1-4-16(2,3)15(19)18-12-14-8-5-7-13(11-14)9-6-10-17/h5,7-8,11H,4,10,12,17H2,1-3H3,(H,18,19). The summed E-state index contributed by atoms with van der Waals surface area (Å²) in [6.45, 7) is 6.80. The summed E-state index contributed by atoms with van der Waals surface area (Å²) in [6, 6.07) is 7.83. The highest BCUT2D eigenvalue weighted by Crippen LogP contribution is 2.19. The molecule has 0 aliphatic heterocycles. The highest BCUT2D eigenvalue weighted by molar-refractivity contribution is 5.81. The van der Waals surface area contributed by atoms with Gasteiger partial charge in [-0.05, 0) is 24.1 Å². The number of amides is 1. The van der Waals surface area contributed by atoms with Crippen LogP contribution in [-0.2, 0) is 11.3 Å². The molecule has 0 saturated heterocycles. The van der Waals surface area contributed by atoms with Crippen LogP contribution in [0.4, 0.5) is 0 Å². The zero-order valence-electron chi connectivity index (χ0n) is 11.9. The number of rotatable bonds is 4. The van der Waals surface area contributed by atoms with Crippen LogP contribution in [0.25, 0.3) is 0 Å². The molecule has 1 rings (SSSR count). The van der Waals surface area contributed by atoms with Crippen molar-refractivity contribution in [1.82, 2.24) is 5.32 Å². The van der Waals surface area contributed by atoms with Gasteiger partial charge in [-0.3, -0.25) is 4.79 Å². The van der Waals surface area contributed by atoms with E-state index in [2.05, 4.69) is 17.2 Å². The van der Waals surface area contributed by atoms with Crippen LogP contribution < -0.4 is 11.1 Å². The summed E-state index contributed by atoms with van der Waals surface area (Å²) in [5.74, 6) is 5.88. The molecular formula is C16H22N2O. The summed E-state index contributed by atoms with van der Waals surface area (Å²) >= 11 is 0. The molecular weight excluding hydrogens is 236 g/mol. The monoisotopic (exact) mass is 258 g/mol. The van der Waals surface area contributed by atoms with Crippen molar-refractivity contribution in [2.24, 2.45) is 11.1 Å². The van der Waals surface area contributed by atoms with E-state index in [4.69, 9.17) is 5.73 Å². The quantitative estimate of drug-likeness (QED) is 0.812. The molecule has 3 heteroatoms. The summed E-state index contributed by atoms with van der Waals surface area (Å²) in [4.78, 5) is 12.0. The maximum atomic E-state index is 12.0. The van der Waals surface area contributed by atoms with Crippen molar-refractivity contribution < 1.29 is 4.79 Å². The molecule has 0 saturated carbocycles. The zero-order chi connectivity index (χ0) is 14.3. The molecule has 0 heterocycles. The van der Waals surface area contributed by atoms with Crippen LogP contribution in [-0.4, -0.2) is 12.5 Å². The predicted octanol–water partition coefficient (Wildman–Crippen LogP) is 2.05. The summed E-state index contributed by atoms with van der Waals surface area (Å²) in [6.07, 6.45) is 0.820. The molecule has 0 radical (unpaired) electrons. The Kier molecular flexibility index (Phi) is 5.59. The maximum Gasteiger partial charge on any atom is 0.225 e. The van der Waals surface area contributed by atoms with Crippen molar-refractivity contribution in [2.45, 2.75) is 33.7 Å². The number of benzene rings is 1. The topological polar surface area (TPSA) is 55.1 Å². The van der Waals surface area contributed by atoms with Crippen LogP contribution in [0.15, 0.2) is 24.3 Å². The number of nitrogens with two attached hydrogens (primary N) is 1. The third-order valence-corrected chi connectivity index (χ3v) is 3.21. The van der Waals surface area contributed by atoms with Crippen LogP contribution in [0, 0.1) is 17.3 Å². The van der Waals surface area contributed by atoms with Gasteiger partial charge in [0, 0.05) is 17.5 Å². The molecule has 0 aromatic heterocycles. The van der Waals surface area contributed by atoms with Gasteiger partial charge >= 0.3 is 0 Å². The minimum atomic E-state index is -0.322. The minimum absolute atomic E-state index is 0.0773. The Labute approximate surface area is 115 Å². The van der Waals surface area contributed by atoms with E-state index in [9.17, 15) is 4.79 Å². The first-order chi connectivity index (χ1) is 8.99. The van der Waals surface area contributed by atoms with Gasteiger partial charge in [-0.1, -0.05) is 44.7 Å².